The summed E-state index contributed by atoms with van der Waals surface area (Å²) >= 11 is 0. The van der Waals surface area contributed by atoms with Crippen LogP contribution in [0.5, 0.6) is 0 Å². The first kappa shape index (κ1) is 23.4. The van der Waals surface area contributed by atoms with Crippen molar-refractivity contribution in [2.24, 2.45) is 0 Å². The molecule has 2 N–H and O–H groups in total. The van der Waals surface area contributed by atoms with Crippen LogP contribution >= 0.6 is 0 Å². The Morgan fingerprint density at radius 3 is 2.37 bits per heavy atom. The summed E-state index contributed by atoms with van der Waals surface area (Å²) in [6, 6.07) is 18.3. The summed E-state index contributed by atoms with van der Waals surface area (Å²) < 4.78 is 45.7. The standard InChI is InChI=1S/C25H24N2O7S/c1-15(28)16-6-9-19(10-7-16)26-25(29)34-22-14-33-23-21(13-32-24(22)23)27-35(30,31)20-11-8-17-4-2-3-5-18(17)12-20/h2-12,21-24,27H,13-14H2,1H3,(H,26,29). The van der Waals surface area contributed by atoms with Gasteiger partial charge in [0.15, 0.2) is 11.9 Å². The molecule has 35 heavy (non-hydrogen) atoms. The molecule has 3 aromatic carbocycles. The van der Waals surface area contributed by atoms with E-state index in [1.54, 1.807) is 42.5 Å². The summed E-state index contributed by atoms with van der Waals surface area (Å²) in [7, 11) is -3.82. The quantitative estimate of drug-likeness (QED) is 0.503. The van der Waals surface area contributed by atoms with Gasteiger partial charge in [0.2, 0.25) is 10.0 Å². The molecule has 9 nitrogen and oxygen atoms in total. The number of fused-ring (bicyclic) bond motifs is 2. The van der Waals surface area contributed by atoms with Crippen molar-refractivity contribution < 1.29 is 32.2 Å². The van der Waals surface area contributed by atoms with Crippen LogP contribution in [-0.2, 0) is 24.2 Å². The van der Waals surface area contributed by atoms with E-state index in [2.05, 4.69) is 10.0 Å². The van der Waals surface area contributed by atoms with Crippen molar-refractivity contribution in [3.8, 4) is 0 Å². The van der Waals surface area contributed by atoms with Gasteiger partial charge >= 0.3 is 6.09 Å². The van der Waals surface area contributed by atoms with E-state index in [1.807, 2.05) is 24.3 Å². The molecule has 0 spiro atoms. The van der Waals surface area contributed by atoms with Crippen LogP contribution < -0.4 is 10.0 Å². The molecule has 2 saturated heterocycles. The fourth-order valence-corrected chi connectivity index (χ4v) is 5.61. The number of sulfonamides is 1. The number of carbonyl (C=O) groups excluding carboxylic acids is 2. The third-order valence-corrected chi connectivity index (χ3v) is 7.63. The molecular weight excluding hydrogens is 472 g/mol. The molecule has 2 fully saturated rings. The first-order chi connectivity index (χ1) is 16.8. The number of amides is 1. The van der Waals surface area contributed by atoms with E-state index in [4.69, 9.17) is 14.2 Å². The first-order valence-electron chi connectivity index (χ1n) is 11.1. The van der Waals surface area contributed by atoms with Crippen LogP contribution in [0.4, 0.5) is 10.5 Å². The zero-order valence-corrected chi connectivity index (χ0v) is 19.7. The maximum Gasteiger partial charge on any atom is 0.412 e. The van der Waals surface area contributed by atoms with E-state index in [0.29, 0.717) is 11.3 Å². The van der Waals surface area contributed by atoms with Crippen molar-refractivity contribution in [3.63, 3.8) is 0 Å². The van der Waals surface area contributed by atoms with Gasteiger partial charge in [-0.3, -0.25) is 10.1 Å². The van der Waals surface area contributed by atoms with Gasteiger partial charge in [-0.15, -0.1) is 0 Å². The molecule has 10 heteroatoms. The molecule has 3 aromatic rings. The Balaban J connectivity index is 1.20. The van der Waals surface area contributed by atoms with E-state index in [0.717, 1.165) is 10.8 Å². The molecule has 0 aliphatic carbocycles. The number of nitrogens with one attached hydrogen (secondary N) is 2. The van der Waals surface area contributed by atoms with Crippen LogP contribution in [0, 0.1) is 0 Å². The topological polar surface area (TPSA) is 120 Å². The molecule has 2 heterocycles. The lowest BCUT2D eigenvalue weighted by molar-refractivity contribution is 0.00883. The summed E-state index contributed by atoms with van der Waals surface area (Å²) in [5.74, 6) is -0.0718. The minimum Gasteiger partial charge on any atom is -0.441 e. The van der Waals surface area contributed by atoms with Gasteiger partial charge in [0.25, 0.3) is 0 Å². The van der Waals surface area contributed by atoms with Crippen molar-refractivity contribution in [1.82, 2.24) is 4.72 Å². The molecule has 182 valence electrons. The van der Waals surface area contributed by atoms with Gasteiger partial charge in [0, 0.05) is 11.3 Å². The molecule has 0 radical (unpaired) electrons. The van der Waals surface area contributed by atoms with E-state index in [1.165, 1.54) is 6.92 Å². The van der Waals surface area contributed by atoms with Crippen LogP contribution in [0.3, 0.4) is 0 Å². The largest absolute Gasteiger partial charge is 0.441 e. The number of rotatable bonds is 6. The molecule has 0 aromatic heterocycles. The molecule has 5 rings (SSSR count). The lowest BCUT2D eigenvalue weighted by Crippen LogP contribution is -2.44. The van der Waals surface area contributed by atoms with Crippen LogP contribution in [-0.4, -0.2) is 57.9 Å². The fourth-order valence-electron chi connectivity index (χ4n) is 4.34. The van der Waals surface area contributed by atoms with Gasteiger partial charge in [-0.2, -0.15) is 0 Å². The predicted octanol–water partition coefficient (Wildman–Crippen LogP) is 3.10. The van der Waals surface area contributed by atoms with E-state index >= 15 is 0 Å². The monoisotopic (exact) mass is 496 g/mol. The zero-order valence-electron chi connectivity index (χ0n) is 18.8. The van der Waals surface area contributed by atoms with Gasteiger partial charge in [0.05, 0.1) is 24.2 Å². The number of benzene rings is 3. The van der Waals surface area contributed by atoms with E-state index in [9.17, 15) is 18.0 Å². The summed E-state index contributed by atoms with van der Waals surface area (Å²) in [6.45, 7) is 1.64. The van der Waals surface area contributed by atoms with E-state index in [-0.39, 0.29) is 23.9 Å². The predicted molar refractivity (Wildman–Crippen MR) is 128 cm³/mol. The number of ketones is 1. The number of carbonyl (C=O) groups is 2. The van der Waals surface area contributed by atoms with Crippen LogP contribution in [0.2, 0.25) is 0 Å². The molecule has 1 amide bonds. The summed E-state index contributed by atoms with van der Waals surface area (Å²) in [4.78, 5) is 23.9. The molecule has 2 aliphatic heterocycles. The number of anilines is 1. The third kappa shape index (κ3) is 4.92. The van der Waals surface area contributed by atoms with Crippen LogP contribution in [0.1, 0.15) is 17.3 Å². The Hall–Kier alpha value is -3.31. The maximum absolute atomic E-state index is 13.0. The lowest BCUT2D eigenvalue weighted by atomic mass is 10.1. The fraction of sp³-hybridized carbons (Fsp3) is 0.280. The van der Waals surface area contributed by atoms with Gasteiger partial charge in [-0.05, 0) is 54.1 Å². The first-order valence-corrected chi connectivity index (χ1v) is 12.6. The average Bonchev–Trinajstić information content (AvgIpc) is 3.42. The van der Waals surface area contributed by atoms with E-state index < -0.39 is 40.5 Å². The Bertz CT molecular complexity index is 1370. The second kappa shape index (κ2) is 9.38. The summed E-state index contributed by atoms with van der Waals surface area (Å²) in [5.41, 5.74) is 1.01. The maximum atomic E-state index is 13.0. The molecule has 0 saturated carbocycles. The Morgan fingerprint density at radius 1 is 0.914 bits per heavy atom. The zero-order chi connectivity index (χ0) is 24.6. The average molecular weight is 497 g/mol. The smallest absolute Gasteiger partial charge is 0.412 e. The number of hydrogen-bond donors (Lipinski definition) is 2. The Morgan fingerprint density at radius 2 is 1.63 bits per heavy atom. The highest BCUT2D eigenvalue weighted by molar-refractivity contribution is 7.89. The van der Waals surface area contributed by atoms with Gasteiger partial charge < -0.3 is 14.2 Å². The van der Waals surface area contributed by atoms with Crippen molar-refractivity contribution >= 4 is 38.4 Å². The Kier molecular flexibility index (Phi) is 6.28. The molecule has 2 aliphatic rings. The minimum absolute atomic E-state index is 0.0718. The van der Waals surface area contributed by atoms with Crippen molar-refractivity contribution in [2.45, 2.75) is 36.2 Å². The van der Waals surface area contributed by atoms with Gasteiger partial charge in [-0.25, -0.2) is 17.9 Å². The van der Waals surface area contributed by atoms with Gasteiger partial charge in [-0.1, -0.05) is 30.3 Å². The Labute approximate surface area is 202 Å². The van der Waals surface area contributed by atoms with Gasteiger partial charge in [0.1, 0.15) is 12.2 Å². The van der Waals surface area contributed by atoms with Crippen molar-refractivity contribution in [2.75, 3.05) is 18.5 Å². The number of Topliss-reactive ketones (excluding diaryl/α,β-unsaturated/α-hetero) is 1. The van der Waals surface area contributed by atoms with Crippen molar-refractivity contribution in [1.29, 1.82) is 0 Å². The molecule has 0 bridgehead atoms. The second-order valence-electron chi connectivity index (χ2n) is 8.53. The highest BCUT2D eigenvalue weighted by Crippen LogP contribution is 2.30. The SMILES string of the molecule is CC(=O)c1ccc(NC(=O)OC2COC3C(NS(=O)(=O)c4ccc5ccccc5c4)COC23)cc1. The summed E-state index contributed by atoms with van der Waals surface area (Å²) in [6.07, 6.45) is -2.56. The second-order valence-corrected chi connectivity index (χ2v) is 10.2. The molecule has 4 atom stereocenters. The third-order valence-electron chi connectivity index (χ3n) is 6.14. The normalized spacial score (nSPS) is 23.7. The molecular formula is C25H24N2O7S. The van der Waals surface area contributed by atoms with Crippen LogP contribution in [0.25, 0.3) is 10.8 Å². The van der Waals surface area contributed by atoms with Crippen LogP contribution in [0.15, 0.2) is 71.6 Å². The highest BCUT2D eigenvalue weighted by atomic mass is 32.2. The number of hydrogen-bond acceptors (Lipinski definition) is 7. The summed E-state index contributed by atoms with van der Waals surface area (Å²) in [5, 5.41) is 4.38. The number of ether oxygens (including phenoxy) is 3. The highest BCUT2D eigenvalue weighted by Gasteiger charge is 2.50. The lowest BCUT2D eigenvalue weighted by Gasteiger charge is -2.18. The molecule has 4 unspecified atom stereocenters. The van der Waals surface area contributed by atoms with Crippen molar-refractivity contribution in [3.05, 3.63) is 72.3 Å². The minimum atomic E-state index is -3.82.